The van der Waals surface area contributed by atoms with Gasteiger partial charge < -0.3 is 41.1 Å². The molecule has 7 rings (SSSR count). The van der Waals surface area contributed by atoms with Gasteiger partial charge in [-0.15, -0.1) is 18.5 Å². The number of pyridine rings is 3. The number of hydrogen-bond acceptors (Lipinski definition) is 13. The van der Waals surface area contributed by atoms with E-state index in [0.717, 1.165) is 0 Å². The second-order valence-electron chi connectivity index (χ2n) is 12.7. The number of carbonyl (C=O) groups is 7. The molecule has 448 valence electrons. The number of carbonyl (C=O) groups excluding carboxylic acids is 5. The van der Waals surface area contributed by atoms with Crippen molar-refractivity contribution in [2.75, 3.05) is 43.5 Å². The van der Waals surface area contributed by atoms with Gasteiger partial charge in [0.1, 0.15) is 17.5 Å². The molecule has 0 aliphatic rings. The molecule has 7 aromatic rings. The minimum Gasteiger partial charge on any atom is -0.870 e. The zero-order chi connectivity index (χ0) is 63.0. The Labute approximate surface area is 519 Å². The van der Waals surface area contributed by atoms with Crippen LogP contribution in [0.5, 0.6) is 0 Å². The SMILES string of the molecule is CC.CC.CC.CC.CC.CC.COC(=O)c1ccc(NC(=O)c2ccccc2)nc1.COC(=O)c1ccc(NC(=O)c2ccccc2)nc1.CP.CP.O=C(O)c1ccc(NC(=O)c2ccccc2)nc1.O=C(O)c1ccccc1.[Na+].[OH-]. The normalized spacial score (nSPS) is 8.12. The summed E-state index contributed by atoms with van der Waals surface area (Å²) >= 11 is 0. The van der Waals surface area contributed by atoms with E-state index < -0.39 is 23.9 Å². The Hall–Kier alpha value is -7.56. The Balaban J connectivity index is -0.000000173. The molecule has 0 aliphatic carbocycles. The predicted octanol–water partition coefficient (Wildman–Crippen LogP) is 11.6. The maximum Gasteiger partial charge on any atom is 1.00 e. The van der Waals surface area contributed by atoms with Gasteiger partial charge in [0.25, 0.3) is 17.7 Å². The van der Waals surface area contributed by atoms with Gasteiger partial charge in [0.05, 0.1) is 36.5 Å². The van der Waals surface area contributed by atoms with Crippen molar-refractivity contribution in [1.29, 1.82) is 0 Å². The molecule has 83 heavy (non-hydrogen) atoms. The van der Waals surface area contributed by atoms with Crippen LogP contribution in [0.3, 0.4) is 0 Å². The number of carboxylic acids is 2. The fraction of sp³-hybridized carbons (Fsp3) is 0.258. The van der Waals surface area contributed by atoms with Gasteiger partial charge in [-0.05, 0) is 84.9 Å². The molecule has 21 heteroatoms. The Bertz CT molecular complexity index is 2570. The number of nitrogens with zero attached hydrogens (tertiary/aromatic N) is 3. The molecule has 2 unspecified atom stereocenters. The van der Waals surface area contributed by atoms with Crippen LogP contribution in [-0.2, 0) is 9.47 Å². The van der Waals surface area contributed by atoms with E-state index in [2.05, 4.69) is 58.9 Å². The van der Waals surface area contributed by atoms with Gasteiger partial charge in [0, 0.05) is 35.3 Å². The van der Waals surface area contributed by atoms with Crippen LogP contribution in [0.4, 0.5) is 17.5 Å². The molecule has 0 spiro atoms. The molecular formula is C62H87N6NaO12P2. The predicted molar refractivity (Wildman–Crippen MR) is 340 cm³/mol. The minimum absolute atomic E-state index is 0. The third kappa shape index (κ3) is 40.3. The first-order valence-corrected chi connectivity index (χ1v) is 28.5. The number of methoxy groups -OCH3 is 2. The van der Waals surface area contributed by atoms with Crippen molar-refractivity contribution in [2.45, 2.75) is 83.1 Å². The Kier molecular flexibility index (Phi) is 66.7. The van der Waals surface area contributed by atoms with Gasteiger partial charge in [-0.25, -0.2) is 34.1 Å². The van der Waals surface area contributed by atoms with Crippen LogP contribution in [0, 0.1) is 0 Å². The summed E-state index contributed by atoms with van der Waals surface area (Å²) in [6.45, 7) is 27.8. The molecule has 2 atom stereocenters. The standard InChI is InChI=1S/2C14H12N2O3.C13H10N2O3.C7H6O2.6C2H6.2CH5P.Na.H2O/c2*1-19-14(18)11-7-8-12(15-9-11)16-13(17)10-5-3-2-4-6-10;16-12(9-4-2-1-3-5-9)15-11-7-6-10(8-14-11)13(17)18;8-7(9)6-4-2-1-3-5-6;8*1-2;;/h2*2-9H,1H3,(H,15,16,17);1-8H,(H,17,18)(H,14,15,16);1-5H,(H,8,9);6*1-2H3;2*2H2,1H3;;1H2/q;;;;;;;;;;;;+1;/p-1. The first-order valence-electron chi connectivity index (χ1n) is 26.2. The fourth-order valence-corrected chi connectivity index (χ4v) is 4.92. The summed E-state index contributed by atoms with van der Waals surface area (Å²) in [5, 5.41) is 25.0. The quantitative estimate of drug-likeness (QED) is 0.0483. The molecule has 3 aromatic heterocycles. The van der Waals surface area contributed by atoms with Gasteiger partial charge in [-0.3, -0.25) is 14.4 Å². The smallest absolute Gasteiger partial charge is 0.870 e. The summed E-state index contributed by atoms with van der Waals surface area (Å²) in [4.78, 5) is 90.5. The molecule has 18 nitrogen and oxygen atoms in total. The topological polar surface area (TPSA) is 283 Å². The molecule has 0 radical (unpaired) electrons. The molecule has 0 aliphatic heterocycles. The van der Waals surface area contributed by atoms with Crippen LogP contribution >= 0.6 is 18.5 Å². The Morgan fingerprint density at radius 3 is 0.711 bits per heavy atom. The largest absolute Gasteiger partial charge is 1.00 e. The number of rotatable bonds is 10. The van der Waals surface area contributed by atoms with Crippen LogP contribution in [0.2, 0.25) is 0 Å². The molecule has 3 heterocycles. The summed E-state index contributed by atoms with van der Waals surface area (Å²) < 4.78 is 9.12. The number of aromatic carboxylic acids is 2. The number of ether oxygens (including phenoxy) is 2. The number of nitrogens with one attached hydrogen (secondary N) is 3. The van der Waals surface area contributed by atoms with Crippen LogP contribution in [0.1, 0.15) is 156 Å². The van der Waals surface area contributed by atoms with E-state index in [1.807, 2.05) is 115 Å². The number of hydrogen-bond donors (Lipinski definition) is 5. The molecule has 0 saturated carbocycles. The first kappa shape index (κ1) is 89.2. The number of aromatic nitrogens is 3. The van der Waals surface area contributed by atoms with Crippen molar-refractivity contribution in [3.63, 3.8) is 0 Å². The maximum absolute atomic E-state index is 11.8. The average Bonchev–Trinajstić information content (AvgIpc) is 3.57. The number of carboxylic acid groups (broad SMARTS) is 2. The summed E-state index contributed by atoms with van der Waals surface area (Å²) in [6, 6.07) is 43.6. The molecule has 0 fully saturated rings. The fourth-order valence-electron chi connectivity index (χ4n) is 4.92. The molecule has 0 bridgehead atoms. The van der Waals surface area contributed by atoms with Crippen molar-refractivity contribution < 1.29 is 88.3 Å². The number of esters is 2. The van der Waals surface area contributed by atoms with E-state index in [-0.39, 0.29) is 58.3 Å². The monoisotopic (exact) mass is 1190 g/mol. The van der Waals surface area contributed by atoms with Crippen molar-refractivity contribution in [2.24, 2.45) is 0 Å². The van der Waals surface area contributed by atoms with Crippen LogP contribution in [0.25, 0.3) is 0 Å². The van der Waals surface area contributed by atoms with Crippen molar-refractivity contribution >= 4 is 77.5 Å². The van der Waals surface area contributed by atoms with Crippen LogP contribution in [-0.4, -0.2) is 99.8 Å². The van der Waals surface area contributed by atoms with E-state index in [0.29, 0.717) is 50.8 Å². The van der Waals surface area contributed by atoms with Gasteiger partial charge >= 0.3 is 53.4 Å². The summed E-state index contributed by atoms with van der Waals surface area (Å²) in [5.74, 6) is -2.58. The summed E-state index contributed by atoms with van der Waals surface area (Å²) in [7, 11) is 7.43. The number of benzene rings is 4. The van der Waals surface area contributed by atoms with Crippen LogP contribution < -0.4 is 45.5 Å². The average molecular weight is 1190 g/mol. The zero-order valence-electron chi connectivity index (χ0n) is 51.3. The van der Waals surface area contributed by atoms with E-state index >= 15 is 0 Å². The maximum atomic E-state index is 11.8. The third-order valence-electron chi connectivity index (χ3n) is 8.23. The second-order valence-corrected chi connectivity index (χ2v) is 12.7. The molecule has 0 saturated heterocycles. The van der Waals surface area contributed by atoms with E-state index in [4.69, 9.17) is 10.2 Å². The van der Waals surface area contributed by atoms with Crippen molar-refractivity contribution in [1.82, 2.24) is 15.0 Å². The van der Waals surface area contributed by atoms with Gasteiger partial charge in [0.2, 0.25) is 0 Å². The Morgan fingerprint density at radius 1 is 0.337 bits per heavy atom. The van der Waals surface area contributed by atoms with Gasteiger partial charge in [-0.2, -0.15) is 0 Å². The van der Waals surface area contributed by atoms with Gasteiger partial charge in [0.15, 0.2) is 0 Å². The van der Waals surface area contributed by atoms with Crippen molar-refractivity contribution in [3.05, 3.63) is 215 Å². The molecule has 6 N–H and O–H groups in total. The zero-order valence-corrected chi connectivity index (χ0v) is 55.6. The first-order chi connectivity index (χ1) is 39.4. The molecule has 3 amide bonds. The van der Waals surface area contributed by atoms with Crippen molar-refractivity contribution in [3.8, 4) is 0 Å². The number of anilines is 3. The minimum atomic E-state index is -1.05. The molecule has 4 aromatic carbocycles. The third-order valence-corrected chi connectivity index (χ3v) is 8.23. The van der Waals surface area contributed by atoms with Gasteiger partial charge in [-0.1, -0.05) is 169 Å². The second kappa shape index (κ2) is 62.0. The molecular weight excluding hydrogens is 1110 g/mol. The summed E-state index contributed by atoms with van der Waals surface area (Å²) in [6.07, 6.45) is 3.90. The number of amides is 3. The van der Waals surface area contributed by atoms with E-state index in [9.17, 15) is 33.6 Å². The Morgan fingerprint density at radius 2 is 0.542 bits per heavy atom. The van der Waals surface area contributed by atoms with Crippen LogP contribution in [0.15, 0.2) is 176 Å². The van der Waals surface area contributed by atoms with E-state index in [1.54, 1.807) is 127 Å². The van der Waals surface area contributed by atoms with E-state index in [1.165, 1.54) is 44.9 Å². The summed E-state index contributed by atoms with van der Waals surface area (Å²) in [5.41, 5.74) is 2.68.